The van der Waals surface area contributed by atoms with Crippen molar-refractivity contribution >= 4 is 45.8 Å². The van der Waals surface area contributed by atoms with Gasteiger partial charge in [-0.3, -0.25) is 9.59 Å². The van der Waals surface area contributed by atoms with E-state index in [-0.39, 0.29) is 4.75 Å². The zero-order valence-electron chi connectivity index (χ0n) is 17.4. The van der Waals surface area contributed by atoms with Crippen LogP contribution in [0.4, 0.5) is 11.5 Å². The number of aromatic nitrogens is 2. The van der Waals surface area contributed by atoms with Crippen LogP contribution in [0.15, 0.2) is 30.5 Å². The topological polar surface area (TPSA) is 102 Å². The first kappa shape index (κ1) is 25.9. The molecule has 28 heavy (non-hydrogen) atoms. The lowest BCUT2D eigenvalue weighted by atomic mass is 10.2. The van der Waals surface area contributed by atoms with Crippen LogP contribution in [0.5, 0.6) is 0 Å². The number of anilines is 2. The number of aldehydes is 1. The number of pyridine rings is 1. The molecule has 156 valence electrons. The molecule has 0 aromatic carbocycles. The Morgan fingerprint density at radius 1 is 1.32 bits per heavy atom. The van der Waals surface area contributed by atoms with Crippen molar-refractivity contribution in [3.8, 4) is 0 Å². The average Bonchev–Trinajstić information content (AvgIpc) is 2.99. The normalized spacial score (nSPS) is 9.93. The Bertz CT molecular complexity index is 701. The highest BCUT2D eigenvalue weighted by Gasteiger charge is 2.16. The van der Waals surface area contributed by atoms with Crippen LogP contribution >= 0.6 is 21.6 Å². The van der Waals surface area contributed by atoms with Crippen molar-refractivity contribution in [2.45, 2.75) is 25.5 Å². The maximum atomic E-state index is 10.0. The Morgan fingerprint density at radius 3 is 2.36 bits per heavy atom. The van der Waals surface area contributed by atoms with E-state index in [9.17, 15) is 9.59 Å². The summed E-state index contributed by atoms with van der Waals surface area (Å²) in [6.07, 6.45) is 5.50. The summed E-state index contributed by atoms with van der Waals surface area (Å²) in [6, 6.07) is 7.03. The molecule has 0 fully saturated rings. The zero-order chi connectivity index (χ0) is 21.6. The average molecular weight is 426 g/mol. The standard InChI is InChI=1S/C7H12N2.C6H6N2O.C6H13NOS2/c1-6-4-7(8-2)5-9(6)3;7-6-3-1-2-5(4-9)8-6;1-6(2,10-9-3)4-7-5-8/h4-5,8H,1-3H3;1-4H,(H2,7,8);5H,4H2,1-3H3,(H,7,8). The van der Waals surface area contributed by atoms with E-state index >= 15 is 0 Å². The van der Waals surface area contributed by atoms with Crippen molar-refractivity contribution in [2.75, 3.05) is 30.9 Å². The van der Waals surface area contributed by atoms with E-state index in [2.05, 4.69) is 53.2 Å². The number of amides is 1. The molecule has 0 aliphatic rings. The molecule has 0 aliphatic heterocycles. The van der Waals surface area contributed by atoms with Gasteiger partial charge in [-0.25, -0.2) is 4.98 Å². The SMILES string of the molecule is CNc1cc(C)n(C)c1.CSSC(C)(C)CNC=O.Nc1cccc(C=O)n1. The van der Waals surface area contributed by atoms with Crippen LogP contribution in [0.25, 0.3) is 0 Å². The summed E-state index contributed by atoms with van der Waals surface area (Å²) in [7, 11) is 7.45. The third kappa shape index (κ3) is 11.6. The van der Waals surface area contributed by atoms with Gasteiger partial charge >= 0.3 is 0 Å². The summed E-state index contributed by atoms with van der Waals surface area (Å²) in [5.74, 6) is 0.375. The maximum Gasteiger partial charge on any atom is 0.207 e. The lowest BCUT2D eigenvalue weighted by Crippen LogP contribution is -2.30. The largest absolute Gasteiger partial charge is 0.387 e. The minimum Gasteiger partial charge on any atom is -0.387 e. The van der Waals surface area contributed by atoms with Crippen LogP contribution in [0.2, 0.25) is 0 Å². The number of carbonyl (C=O) groups is 2. The molecule has 0 saturated heterocycles. The molecule has 0 spiro atoms. The predicted octanol–water partition coefficient (Wildman–Crippen LogP) is 3.37. The van der Waals surface area contributed by atoms with Crippen LogP contribution < -0.4 is 16.4 Å². The molecule has 0 unspecified atom stereocenters. The third-order valence-electron chi connectivity index (χ3n) is 3.38. The van der Waals surface area contributed by atoms with Crippen LogP contribution in [0.3, 0.4) is 0 Å². The number of hydrogen-bond acceptors (Lipinski definition) is 7. The molecule has 0 aliphatic carbocycles. The van der Waals surface area contributed by atoms with Crippen LogP contribution in [0, 0.1) is 6.92 Å². The summed E-state index contributed by atoms with van der Waals surface area (Å²) in [6.45, 7) is 7.01. The Morgan fingerprint density at radius 2 is 2.00 bits per heavy atom. The molecule has 9 heteroatoms. The van der Waals surface area contributed by atoms with Gasteiger partial charge in [-0.15, -0.1) is 0 Å². The van der Waals surface area contributed by atoms with E-state index in [1.54, 1.807) is 39.8 Å². The molecule has 0 atom stereocenters. The predicted molar refractivity (Wildman–Crippen MR) is 123 cm³/mol. The zero-order valence-corrected chi connectivity index (χ0v) is 19.0. The molecule has 0 saturated carbocycles. The number of carbonyl (C=O) groups excluding carboxylic acids is 2. The highest BCUT2D eigenvalue weighted by Crippen LogP contribution is 2.32. The highest BCUT2D eigenvalue weighted by molar-refractivity contribution is 8.76. The molecule has 4 N–H and O–H groups in total. The van der Waals surface area contributed by atoms with Gasteiger partial charge in [0.05, 0.1) is 5.69 Å². The van der Waals surface area contributed by atoms with Gasteiger partial charge in [0.1, 0.15) is 11.5 Å². The molecule has 1 amide bonds. The summed E-state index contributed by atoms with van der Waals surface area (Å²) >= 11 is 0. The van der Waals surface area contributed by atoms with Crippen molar-refractivity contribution in [1.82, 2.24) is 14.9 Å². The minimum atomic E-state index is 0.139. The molecule has 2 rings (SSSR count). The van der Waals surface area contributed by atoms with Crippen LogP contribution in [-0.2, 0) is 11.8 Å². The van der Waals surface area contributed by atoms with Gasteiger partial charge in [0.15, 0.2) is 6.29 Å². The van der Waals surface area contributed by atoms with Gasteiger partial charge in [0.25, 0.3) is 0 Å². The van der Waals surface area contributed by atoms with Gasteiger partial charge < -0.3 is 20.9 Å². The summed E-state index contributed by atoms with van der Waals surface area (Å²) in [4.78, 5) is 23.7. The molecule has 2 aromatic rings. The van der Waals surface area contributed by atoms with Crippen LogP contribution in [-0.4, -0.2) is 46.8 Å². The molecular formula is C19H31N5O2S2. The lowest BCUT2D eigenvalue weighted by Gasteiger charge is -2.21. The van der Waals surface area contributed by atoms with Crippen molar-refractivity contribution in [3.05, 3.63) is 41.9 Å². The second kappa shape index (κ2) is 14.0. The number of nitrogens with one attached hydrogen (secondary N) is 2. The molecule has 0 bridgehead atoms. The monoisotopic (exact) mass is 425 g/mol. The van der Waals surface area contributed by atoms with E-state index in [0.29, 0.717) is 17.8 Å². The Kier molecular flexibility index (Phi) is 12.9. The number of nitrogens with two attached hydrogens (primary N) is 1. The second-order valence-corrected chi connectivity index (χ2v) is 9.45. The van der Waals surface area contributed by atoms with Gasteiger partial charge in [0.2, 0.25) is 6.41 Å². The van der Waals surface area contributed by atoms with E-state index in [0.717, 1.165) is 13.0 Å². The van der Waals surface area contributed by atoms with Gasteiger partial charge in [-0.2, -0.15) is 0 Å². The molecule has 2 aromatic heterocycles. The smallest absolute Gasteiger partial charge is 0.207 e. The van der Waals surface area contributed by atoms with Gasteiger partial charge in [-0.05, 0) is 45.2 Å². The Balaban J connectivity index is 0.000000391. The first-order chi connectivity index (χ1) is 13.2. The number of aryl methyl sites for hydroxylation is 2. The van der Waals surface area contributed by atoms with Crippen molar-refractivity contribution in [3.63, 3.8) is 0 Å². The number of hydrogen-bond donors (Lipinski definition) is 3. The van der Waals surface area contributed by atoms with E-state index in [4.69, 9.17) is 5.73 Å². The van der Waals surface area contributed by atoms with Crippen LogP contribution in [0.1, 0.15) is 30.0 Å². The van der Waals surface area contributed by atoms with Crippen molar-refractivity contribution < 1.29 is 9.59 Å². The fraction of sp³-hybridized carbons (Fsp3) is 0.421. The number of nitrogens with zero attached hydrogens (tertiary/aromatic N) is 2. The molecule has 0 radical (unpaired) electrons. The molecule has 2 heterocycles. The summed E-state index contributed by atoms with van der Waals surface area (Å²) in [5.41, 5.74) is 8.09. The first-order valence-corrected chi connectivity index (χ1v) is 11.1. The highest BCUT2D eigenvalue weighted by atomic mass is 33.1. The summed E-state index contributed by atoms with van der Waals surface area (Å²) in [5, 5.41) is 5.73. The second-order valence-electron chi connectivity index (χ2n) is 6.34. The first-order valence-electron chi connectivity index (χ1n) is 8.56. The van der Waals surface area contributed by atoms with E-state index < -0.39 is 0 Å². The maximum absolute atomic E-state index is 10.0. The fourth-order valence-electron chi connectivity index (χ4n) is 1.89. The van der Waals surface area contributed by atoms with Crippen molar-refractivity contribution in [1.29, 1.82) is 0 Å². The lowest BCUT2D eigenvalue weighted by molar-refractivity contribution is -0.109. The number of rotatable bonds is 7. The Labute approximate surface area is 175 Å². The fourth-order valence-corrected chi connectivity index (χ4v) is 4.01. The van der Waals surface area contributed by atoms with Gasteiger partial charge in [-0.1, -0.05) is 27.7 Å². The summed E-state index contributed by atoms with van der Waals surface area (Å²) < 4.78 is 2.23. The minimum absolute atomic E-state index is 0.139. The molecular weight excluding hydrogens is 394 g/mol. The van der Waals surface area contributed by atoms with E-state index in [1.807, 2.05) is 20.4 Å². The molecule has 7 nitrogen and oxygen atoms in total. The van der Waals surface area contributed by atoms with Gasteiger partial charge in [0, 0.05) is 37.3 Å². The quantitative estimate of drug-likeness (QED) is 0.462. The Hall–Kier alpha value is -2.13. The number of nitrogen functional groups attached to an aromatic ring is 1. The van der Waals surface area contributed by atoms with Crippen molar-refractivity contribution in [2.24, 2.45) is 7.05 Å². The third-order valence-corrected chi connectivity index (χ3v) is 5.99. The van der Waals surface area contributed by atoms with E-state index in [1.165, 1.54) is 11.4 Å².